The van der Waals surface area contributed by atoms with Crippen LogP contribution in [0.1, 0.15) is 0 Å². The highest BCUT2D eigenvalue weighted by Crippen LogP contribution is 2.46. The van der Waals surface area contributed by atoms with E-state index in [1.807, 2.05) is 0 Å². The molecule has 0 aliphatic rings. The Hall–Kier alpha value is 0.0500. The summed E-state index contributed by atoms with van der Waals surface area (Å²) in [5, 5.41) is -8.98. The zero-order valence-electron chi connectivity index (χ0n) is 7.23. The lowest BCUT2D eigenvalue weighted by Crippen LogP contribution is -2.42. The van der Waals surface area contributed by atoms with Crippen LogP contribution in [0.2, 0.25) is 0 Å². The van der Waals surface area contributed by atoms with Crippen LogP contribution in [-0.2, 0) is 0 Å². The summed E-state index contributed by atoms with van der Waals surface area (Å²) < 4.78 is 96.8. The normalized spacial score (nSPS) is 17.8. The lowest BCUT2D eigenvalue weighted by Gasteiger charge is -2.24. The number of halogens is 11. The summed E-state index contributed by atoms with van der Waals surface area (Å²) in [6.07, 6.45) is -11.1. The number of hydrogen-bond acceptors (Lipinski definition) is 0. The van der Waals surface area contributed by atoms with E-state index >= 15 is 0 Å². The fourth-order valence-electron chi connectivity index (χ4n) is 0.588. The molecule has 1 unspecified atom stereocenters. The van der Waals surface area contributed by atoms with Gasteiger partial charge in [-0.1, -0.05) is 23.2 Å². The zero-order valence-corrected chi connectivity index (χ0v) is 9.50. The van der Waals surface area contributed by atoms with Gasteiger partial charge in [-0.25, -0.2) is 0 Å². The molecule has 0 aromatic carbocycles. The maximum atomic E-state index is 12.9. The van der Waals surface area contributed by atoms with Crippen LogP contribution in [0.4, 0.5) is 35.1 Å². The molecule has 1 atom stereocenters. The molecule has 0 rings (SSSR count). The highest BCUT2D eigenvalue weighted by atomic mass is 35.5. The summed E-state index contributed by atoms with van der Waals surface area (Å²) in [7, 11) is 0. The van der Waals surface area contributed by atoms with Crippen LogP contribution < -0.4 is 0 Å². The van der Waals surface area contributed by atoms with Gasteiger partial charge in [0.25, 0.3) is 0 Å². The van der Waals surface area contributed by atoms with Gasteiger partial charge in [-0.2, -0.15) is 35.1 Å². The molecule has 0 saturated heterocycles. The molecule has 0 nitrogen and oxygen atoms in total. The first-order valence-electron chi connectivity index (χ1n) is 3.44. The van der Waals surface area contributed by atoms with Gasteiger partial charge in [0.15, 0.2) is 5.38 Å². The highest BCUT2D eigenvalue weighted by molar-refractivity contribution is 6.40. The summed E-state index contributed by atoms with van der Waals surface area (Å²) >= 11 is 13.2. The molecule has 11 heteroatoms. The largest absolute Gasteiger partial charge is 0.428 e. The van der Waals surface area contributed by atoms with Crippen LogP contribution in [0.5, 0.6) is 0 Å². The lowest BCUT2D eigenvalue weighted by molar-refractivity contribution is -0.172. The third-order valence-electron chi connectivity index (χ3n) is 1.34. The smallest absolute Gasteiger partial charge is 0.198 e. The average molecular weight is 331 g/mol. The first-order chi connectivity index (χ1) is 7.22. The summed E-state index contributed by atoms with van der Waals surface area (Å²) in [4.78, 5) is 0. The molecule has 0 aliphatic heterocycles. The summed E-state index contributed by atoms with van der Waals surface area (Å²) in [5.41, 5.74) is 0. The Morgan fingerprint density at radius 1 is 0.765 bits per heavy atom. The molecule has 0 N–H and O–H groups in total. The number of alkyl halides is 9. The van der Waals surface area contributed by atoms with E-state index < -0.39 is 33.7 Å². The van der Waals surface area contributed by atoms with E-state index in [-0.39, 0.29) is 0 Å². The van der Waals surface area contributed by atoms with Crippen LogP contribution in [0.3, 0.4) is 0 Å². The van der Waals surface area contributed by atoms with Crippen molar-refractivity contribution in [1.82, 2.24) is 0 Å². The standard InChI is InChI=1S/C6HCl3F8/c7-1(2(8)5(12,13)14)4(10,11)3(9)6(15,16)17/h3H. The van der Waals surface area contributed by atoms with Crippen LogP contribution in [-0.4, -0.2) is 23.7 Å². The third-order valence-corrected chi connectivity index (χ3v) is 2.80. The number of allylic oxidation sites excluding steroid dienone is 2. The Labute approximate surface area is 104 Å². The van der Waals surface area contributed by atoms with E-state index in [9.17, 15) is 35.1 Å². The molecule has 17 heavy (non-hydrogen) atoms. The van der Waals surface area contributed by atoms with Gasteiger partial charge < -0.3 is 0 Å². The van der Waals surface area contributed by atoms with Crippen molar-refractivity contribution in [3.63, 3.8) is 0 Å². The Morgan fingerprint density at radius 3 is 1.35 bits per heavy atom. The summed E-state index contributed by atoms with van der Waals surface area (Å²) in [5.74, 6) is -5.19. The summed E-state index contributed by atoms with van der Waals surface area (Å²) in [6, 6.07) is 0. The van der Waals surface area contributed by atoms with Crippen molar-refractivity contribution in [2.45, 2.75) is 23.7 Å². The minimum atomic E-state index is -5.64. The zero-order chi connectivity index (χ0) is 14.2. The molecule has 0 bridgehead atoms. The Morgan fingerprint density at radius 2 is 1.12 bits per heavy atom. The minimum absolute atomic E-state index is 2.51. The third kappa shape index (κ3) is 4.03. The van der Waals surface area contributed by atoms with Crippen LogP contribution in [0.15, 0.2) is 10.1 Å². The quantitative estimate of drug-likeness (QED) is 0.491. The van der Waals surface area contributed by atoms with Gasteiger partial charge in [-0.3, -0.25) is 0 Å². The topological polar surface area (TPSA) is 0 Å². The second-order valence-electron chi connectivity index (χ2n) is 2.65. The van der Waals surface area contributed by atoms with Gasteiger partial charge in [-0.15, -0.1) is 11.6 Å². The molecular formula is C6HCl3F8. The second kappa shape index (κ2) is 4.97. The van der Waals surface area contributed by atoms with Gasteiger partial charge in [0.1, 0.15) is 10.1 Å². The van der Waals surface area contributed by atoms with Crippen molar-refractivity contribution in [3.8, 4) is 0 Å². The minimum Gasteiger partial charge on any atom is -0.198 e. The number of rotatable bonds is 2. The Balaban J connectivity index is 5.49. The van der Waals surface area contributed by atoms with Crippen molar-refractivity contribution >= 4 is 34.8 Å². The SMILES string of the molecule is FC(F)(F)C(Cl)=C(Cl)C(F)(F)C(Cl)C(F)(F)F. The summed E-state index contributed by atoms with van der Waals surface area (Å²) in [6.45, 7) is 0. The predicted molar refractivity (Wildman–Crippen MR) is 45.4 cm³/mol. The van der Waals surface area contributed by atoms with Gasteiger partial charge in [0.2, 0.25) is 0 Å². The molecule has 0 radical (unpaired) electrons. The second-order valence-corrected chi connectivity index (χ2v) is 3.85. The molecule has 0 aliphatic carbocycles. The van der Waals surface area contributed by atoms with E-state index in [1.54, 1.807) is 0 Å². The van der Waals surface area contributed by atoms with Crippen molar-refractivity contribution in [3.05, 3.63) is 10.1 Å². The molecule has 102 valence electrons. The fraction of sp³-hybridized carbons (Fsp3) is 0.667. The lowest BCUT2D eigenvalue weighted by atomic mass is 10.2. The molecule has 0 heterocycles. The van der Waals surface area contributed by atoms with Crippen LogP contribution >= 0.6 is 34.8 Å². The predicted octanol–water partition coefficient (Wildman–Crippen LogP) is 5.04. The molecule has 0 saturated carbocycles. The molecule has 0 amide bonds. The van der Waals surface area contributed by atoms with E-state index in [2.05, 4.69) is 34.8 Å². The van der Waals surface area contributed by atoms with E-state index in [4.69, 9.17) is 0 Å². The van der Waals surface area contributed by atoms with Gasteiger partial charge >= 0.3 is 18.3 Å². The van der Waals surface area contributed by atoms with Gasteiger partial charge in [-0.05, 0) is 0 Å². The van der Waals surface area contributed by atoms with Crippen molar-refractivity contribution < 1.29 is 35.1 Å². The maximum absolute atomic E-state index is 12.9. The first-order valence-corrected chi connectivity index (χ1v) is 4.63. The van der Waals surface area contributed by atoms with Crippen LogP contribution in [0, 0.1) is 0 Å². The molecular weight excluding hydrogens is 330 g/mol. The first kappa shape index (κ1) is 17.1. The maximum Gasteiger partial charge on any atom is 0.428 e. The average Bonchev–Trinajstić information content (AvgIpc) is 2.11. The van der Waals surface area contributed by atoms with E-state index in [0.29, 0.717) is 0 Å². The van der Waals surface area contributed by atoms with Crippen molar-refractivity contribution in [2.24, 2.45) is 0 Å². The van der Waals surface area contributed by atoms with Crippen LogP contribution in [0.25, 0.3) is 0 Å². The Kier molecular flexibility index (Phi) is 4.98. The molecule has 0 aromatic heterocycles. The van der Waals surface area contributed by atoms with Gasteiger partial charge in [0, 0.05) is 0 Å². The van der Waals surface area contributed by atoms with Crippen molar-refractivity contribution in [2.75, 3.05) is 0 Å². The highest BCUT2D eigenvalue weighted by Gasteiger charge is 2.58. The molecule has 0 fully saturated rings. The molecule has 0 spiro atoms. The fourth-order valence-corrected chi connectivity index (χ4v) is 1.09. The molecule has 0 aromatic rings. The van der Waals surface area contributed by atoms with Crippen molar-refractivity contribution in [1.29, 1.82) is 0 Å². The number of hydrogen-bond donors (Lipinski definition) is 0. The Bertz CT molecular complexity index is 314. The van der Waals surface area contributed by atoms with E-state index in [1.165, 1.54) is 0 Å². The van der Waals surface area contributed by atoms with Gasteiger partial charge in [0.05, 0.1) is 0 Å². The monoisotopic (exact) mass is 330 g/mol. The van der Waals surface area contributed by atoms with E-state index in [0.717, 1.165) is 0 Å².